The SMILES string of the molecule is O=C(NCCN1CCCC1)c1nc(Cc2ccccc2)n(-c2ccccc2)n1. The van der Waals surface area contributed by atoms with E-state index in [-0.39, 0.29) is 11.7 Å². The molecule has 1 aliphatic heterocycles. The van der Waals surface area contributed by atoms with Gasteiger partial charge < -0.3 is 10.2 Å². The lowest BCUT2D eigenvalue weighted by Gasteiger charge is -2.13. The number of benzene rings is 2. The molecule has 0 atom stereocenters. The minimum absolute atomic E-state index is 0.219. The van der Waals surface area contributed by atoms with Crippen LogP contribution in [0.25, 0.3) is 5.69 Å². The summed E-state index contributed by atoms with van der Waals surface area (Å²) in [6, 6.07) is 19.9. The van der Waals surface area contributed by atoms with Crippen molar-refractivity contribution in [2.24, 2.45) is 0 Å². The molecule has 6 heteroatoms. The lowest BCUT2D eigenvalue weighted by molar-refractivity contribution is 0.0939. The van der Waals surface area contributed by atoms with Gasteiger partial charge in [-0.15, -0.1) is 5.10 Å². The number of hydrogen-bond donors (Lipinski definition) is 1. The van der Waals surface area contributed by atoms with Gasteiger partial charge in [-0.1, -0.05) is 48.5 Å². The van der Waals surface area contributed by atoms with E-state index in [4.69, 9.17) is 0 Å². The fourth-order valence-electron chi connectivity index (χ4n) is 3.52. The van der Waals surface area contributed by atoms with Gasteiger partial charge in [0, 0.05) is 19.5 Å². The first-order valence-electron chi connectivity index (χ1n) is 9.85. The second-order valence-corrected chi connectivity index (χ2v) is 7.07. The van der Waals surface area contributed by atoms with Crippen molar-refractivity contribution in [3.05, 3.63) is 77.9 Å². The Morgan fingerprint density at radius 3 is 2.36 bits per heavy atom. The third-order valence-electron chi connectivity index (χ3n) is 5.00. The van der Waals surface area contributed by atoms with Crippen molar-refractivity contribution in [2.45, 2.75) is 19.3 Å². The van der Waals surface area contributed by atoms with Crippen LogP contribution in [-0.4, -0.2) is 51.8 Å². The van der Waals surface area contributed by atoms with Crippen molar-refractivity contribution in [2.75, 3.05) is 26.2 Å². The Morgan fingerprint density at radius 2 is 1.64 bits per heavy atom. The van der Waals surface area contributed by atoms with Gasteiger partial charge in [0.1, 0.15) is 5.82 Å². The number of amides is 1. The van der Waals surface area contributed by atoms with Gasteiger partial charge in [0.2, 0.25) is 5.82 Å². The Labute approximate surface area is 165 Å². The Balaban J connectivity index is 1.51. The highest BCUT2D eigenvalue weighted by atomic mass is 16.2. The third-order valence-corrected chi connectivity index (χ3v) is 5.00. The zero-order valence-corrected chi connectivity index (χ0v) is 15.9. The van der Waals surface area contributed by atoms with Gasteiger partial charge in [0.05, 0.1) is 5.69 Å². The average Bonchev–Trinajstić information content (AvgIpc) is 3.40. The molecule has 6 nitrogen and oxygen atoms in total. The van der Waals surface area contributed by atoms with E-state index in [0.717, 1.165) is 36.7 Å². The van der Waals surface area contributed by atoms with Crippen molar-refractivity contribution in [3.8, 4) is 5.69 Å². The number of nitrogens with zero attached hydrogens (tertiary/aromatic N) is 4. The van der Waals surface area contributed by atoms with E-state index >= 15 is 0 Å². The Morgan fingerprint density at radius 1 is 0.964 bits per heavy atom. The van der Waals surface area contributed by atoms with Crippen molar-refractivity contribution in [1.29, 1.82) is 0 Å². The molecule has 2 heterocycles. The first kappa shape index (κ1) is 18.4. The lowest BCUT2D eigenvalue weighted by atomic mass is 10.1. The minimum atomic E-state index is -0.219. The molecule has 1 N–H and O–H groups in total. The monoisotopic (exact) mass is 375 g/mol. The summed E-state index contributed by atoms with van der Waals surface area (Å²) < 4.78 is 1.77. The highest BCUT2D eigenvalue weighted by molar-refractivity contribution is 5.90. The molecular formula is C22H25N5O. The number of likely N-dealkylation sites (tertiary alicyclic amines) is 1. The molecule has 1 saturated heterocycles. The number of aromatic nitrogens is 3. The largest absolute Gasteiger partial charge is 0.348 e. The second-order valence-electron chi connectivity index (χ2n) is 7.07. The van der Waals surface area contributed by atoms with Gasteiger partial charge in [0.25, 0.3) is 5.91 Å². The third kappa shape index (κ3) is 4.46. The van der Waals surface area contributed by atoms with Crippen LogP contribution in [0.4, 0.5) is 0 Å². The van der Waals surface area contributed by atoms with Crippen molar-refractivity contribution in [1.82, 2.24) is 25.0 Å². The molecule has 1 aliphatic rings. The average molecular weight is 375 g/mol. The van der Waals surface area contributed by atoms with Crippen LogP contribution in [0, 0.1) is 0 Å². The number of hydrogen-bond acceptors (Lipinski definition) is 4. The molecule has 0 saturated carbocycles. The van der Waals surface area contributed by atoms with Crippen LogP contribution >= 0.6 is 0 Å². The molecule has 28 heavy (non-hydrogen) atoms. The molecule has 4 rings (SSSR count). The van der Waals surface area contributed by atoms with Crippen LogP contribution in [0.15, 0.2) is 60.7 Å². The second kappa shape index (κ2) is 8.80. The molecule has 0 radical (unpaired) electrons. The van der Waals surface area contributed by atoms with Gasteiger partial charge in [-0.2, -0.15) is 0 Å². The molecule has 0 unspecified atom stereocenters. The summed E-state index contributed by atoms with van der Waals surface area (Å²) in [5, 5.41) is 7.47. The van der Waals surface area contributed by atoms with Crippen LogP contribution in [0.2, 0.25) is 0 Å². The van der Waals surface area contributed by atoms with Gasteiger partial charge >= 0.3 is 0 Å². The van der Waals surface area contributed by atoms with E-state index < -0.39 is 0 Å². The van der Waals surface area contributed by atoms with Crippen LogP contribution in [0.1, 0.15) is 34.8 Å². The summed E-state index contributed by atoms with van der Waals surface area (Å²) in [6.45, 7) is 3.74. The van der Waals surface area contributed by atoms with Crippen LogP contribution in [-0.2, 0) is 6.42 Å². The number of carbonyl (C=O) groups is 1. The van der Waals surface area contributed by atoms with Crippen molar-refractivity contribution >= 4 is 5.91 Å². The predicted molar refractivity (Wildman–Crippen MR) is 109 cm³/mol. The Kier molecular flexibility index (Phi) is 5.77. The van der Waals surface area contributed by atoms with E-state index in [1.165, 1.54) is 12.8 Å². The Bertz CT molecular complexity index is 901. The number of carbonyl (C=O) groups excluding carboxylic acids is 1. The molecule has 1 fully saturated rings. The van der Waals surface area contributed by atoms with Crippen LogP contribution < -0.4 is 5.32 Å². The van der Waals surface area contributed by atoms with Gasteiger partial charge in [-0.25, -0.2) is 9.67 Å². The first-order chi connectivity index (χ1) is 13.8. The maximum Gasteiger partial charge on any atom is 0.291 e. The zero-order valence-electron chi connectivity index (χ0n) is 15.9. The summed E-state index contributed by atoms with van der Waals surface area (Å²) >= 11 is 0. The first-order valence-corrected chi connectivity index (χ1v) is 9.85. The van der Waals surface area contributed by atoms with Crippen molar-refractivity contribution < 1.29 is 4.79 Å². The van der Waals surface area contributed by atoms with Gasteiger partial charge in [-0.05, 0) is 43.6 Å². The summed E-state index contributed by atoms with van der Waals surface area (Å²) in [6.07, 6.45) is 3.11. The molecule has 0 bridgehead atoms. The van der Waals surface area contributed by atoms with Gasteiger partial charge in [-0.3, -0.25) is 4.79 Å². The summed E-state index contributed by atoms with van der Waals surface area (Å²) in [4.78, 5) is 19.5. The summed E-state index contributed by atoms with van der Waals surface area (Å²) in [7, 11) is 0. The standard InChI is InChI=1S/C22H25N5O/c28-22(23-13-16-26-14-7-8-15-26)21-24-20(17-18-9-3-1-4-10-18)27(25-21)19-11-5-2-6-12-19/h1-6,9-12H,7-8,13-17H2,(H,23,28). The smallest absolute Gasteiger partial charge is 0.291 e. The topological polar surface area (TPSA) is 63.1 Å². The summed E-state index contributed by atoms with van der Waals surface area (Å²) in [5.41, 5.74) is 2.03. The number of rotatable bonds is 7. The normalized spacial score (nSPS) is 14.3. The quantitative estimate of drug-likeness (QED) is 0.690. The molecule has 144 valence electrons. The van der Waals surface area contributed by atoms with E-state index in [1.54, 1.807) is 4.68 Å². The Hall–Kier alpha value is -2.99. The molecule has 0 spiro atoms. The van der Waals surface area contributed by atoms with E-state index in [0.29, 0.717) is 13.0 Å². The highest BCUT2D eigenvalue weighted by Crippen LogP contribution is 2.14. The zero-order chi connectivity index (χ0) is 19.2. The molecular weight excluding hydrogens is 350 g/mol. The lowest BCUT2D eigenvalue weighted by Crippen LogP contribution is -2.34. The van der Waals surface area contributed by atoms with E-state index in [1.807, 2.05) is 48.5 Å². The molecule has 2 aromatic carbocycles. The molecule has 1 aromatic heterocycles. The predicted octanol–water partition coefficient (Wildman–Crippen LogP) is 2.68. The van der Waals surface area contributed by atoms with E-state index in [9.17, 15) is 4.79 Å². The van der Waals surface area contributed by atoms with Crippen LogP contribution in [0.3, 0.4) is 0 Å². The molecule has 3 aromatic rings. The number of para-hydroxylation sites is 1. The minimum Gasteiger partial charge on any atom is -0.348 e. The summed E-state index contributed by atoms with van der Waals surface area (Å²) in [5.74, 6) is 0.751. The molecule has 1 amide bonds. The maximum absolute atomic E-state index is 12.6. The fraction of sp³-hybridized carbons (Fsp3) is 0.318. The fourth-order valence-corrected chi connectivity index (χ4v) is 3.52. The maximum atomic E-state index is 12.6. The number of nitrogens with one attached hydrogen (secondary N) is 1. The highest BCUT2D eigenvalue weighted by Gasteiger charge is 2.18. The molecule has 0 aliphatic carbocycles. The van der Waals surface area contributed by atoms with Gasteiger partial charge in [0.15, 0.2) is 0 Å². The van der Waals surface area contributed by atoms with Crippen molar-refractivity contribution in [3.63, 3.8) is 0 Å². The van der Waals surface area contributed by atoms with E-state index in [2.05, 4.69) is 32.4 Å². The van der Waals surface area contributed by atoms with Crippen LogP contribution in [0.5, 0.6) is 0 Å².